The number of carbonyl (C=O) groups is 4. The molecule has 0 bridgehead atoms. The van der Waals surface area contributed by atoms with Crippen LogP contribution in [0.1, 0.15) is 29.3 Å². The van der Waals surface area contributed by atoms with E-state index in [0.29, 0.717) is 29.2 Å². The number of carbonyl (C=O) groups excluding carboxylic acids is 4. The Hall–Kier alpha value is -3.68. The van der Waals surface area contributed by atoms with Gasteiger partial charge in [0.1, 0.15) is 5.75 Å². The maximum absolute atomic E-state index is 12.5. The van der Waals surface area contributed by atoms with Crippen LogP contribution in [0.15, 0.2) is 48.5 Å². The van der Waals surface area contributed by atoms with Crippen molar-refractivity contribution in [1.82, 2.24) is 4.90 Å². The van der Waals surface area contributed by atoms with Gasteiger partial charge in [0.25, 0.3) is 11.8 Å². The SMILES string of the molecule is CCOc1ccccc1NC(=O)COC(=O)CCN1C(=O)Cc2ccccc2C1=O. The number of ether oxygens (including phenoxy) is 2. The topological polar surface area (TPSA) is 102 Å². The smallest absolute Gasteiger partial charge is 0.308 e. The molecule has 1 heterocycles. The lowest BCUT2D eigenvalue weighted by atomic mass is 9.98. The Kier molecular flexibility index (Phi) is 6.79. The van der Waals surface area contributed by atoms with Crippen molar-refractivity contribution in [3.05, 3.63) is 59.7 Å². The second kappa shape index (κ2) is 9.69. The molecule has 2 aromatic rings. The highest BCUT2D eigenvalue weighted by atomic mass is 16.5. The van der Waals surface area contributed by atoms with E-state index in [9.17, 15) is 19.2 Å². The molecule has 0 radical (unpaired) electrons. The Morgan fingerprint density at radius 1 is 1.07 bits per heavy atom. The Bertz CT molecular complexity index is 972. The zero-order chi connectivity index (χ0) is 21.5. The fourth-order valence-corrected chi connectivity index (χ4v) is 3.09. The zero-order valence-corrected chi connectivity index (χ0v) is 16.6. The van der Waals surface area contributed by atoms with Crippen LogP contribution in [0.3, 0.4) is 0 Å². The minimum atomic E-state index is -0.678. The number of fused-ring (bicyclic) bond motifs is 1. The summed E-state index contributed by atoms with van der Waals surface area (Å²) in [4.78, 5) is 49.8. The number of rotatable bonds is 8. The summed E-state index contributed by atoms with van der Waals surface area (Å²) in [5.41, 5.74) is 1.61. The fraction of sp³-hybridized carbons (Fsp3) is 0.273. The van der Waals surface area contributed by atoms with Gasteiger partial charge < -0.3 is 14.8 Å². The molecule has 3 rings (SSSR count). The molecule has 0 aliphatic carbocycles. The molecular formula is C22H22N2O6. The standard InChI is InChI=1S/C22H22N2O6/c1-2-29-18-10-6-5-9-17(18)23-19(25)14-30-21(27)11-12-24-20(26)13-15-7-3-4-8-16(15)22(24)28/h3-10H,2,11-14H2,1H3,(H,23,25). The van der Waals surface area contributed by atoms with Crippen molar-refractivity contribution < 1.29 is 28.7 Å². The van der Waals surface area contributed by atoms with Crippen LogP contribution in [0.25, 0.3) is 0 Å². The molecule has 1 aliphatic heterocycles. The lowest BCUT2D eigenvalue weighted by Crippen LogP contribution is -2.43. The number of amides is 3. The van der Waals surface area contributed by atoms with Gasteiger partial charge >= 0.3 is 5.97 Å². The van der Waals surface area contributed by atoms with E-state index in [1.54, 1.807) is 48.5 Å². The molecule has 8 heteroatoms. The molecule has 0 spiro atoms. The Morgan fingerprint density at radius 2 is 1.80 bits per heavy atom. The van der Waals surface area contributed by atoms with Crippen molar-refractivity contribution in [3.63, 3.8) is 0 Å². The predicted molar refractivity (Wildman–Crippen MR) is 108 cm³/mol. The molecule has 0 aromatic heterocycles. The van der Waals surface area contributed by atoms with Gasteiger partial charge in [-0.2, -0.15) is 0 Å². The molecule has 30 heavy (non-hydrogen) atoms. The Labute approximate surface area is 173 Å². The summed E-state index contributed by atoms with van der Waals surface area (Å²) >= 11 is 0. The normalized spacial score (nSPS) is 12.9. The molecule has 0 saturated heterocycles. The van der Waals surface area contributed by atoms with Crippen LogP contribution in [0.4, 0.5) is 5.69 Å². The van der Waals surface area contributed by atoms with Crippen molar-refractivity contribution in [3.8, 4) is 5.75 Å². The summed E-state index contributed by atoms with van der Waals surface area (Å²) in [5.74, 6) is -1.48. The minimum Gasteiger partial charge on any atom is -0.492 e. The Balaban J connectivity index is 1.48. The maximum Gasteiger partial charge on any atom is 0.308 e. The highest BCUT2D eigenvalue weighted by Crippen LogP contribution is 2.23. The third-order valence-electron chi connectivity index (χ3n) is 4.50. The van der Waals surface area contributed by atoms with Crippen molar-refractivity contribution in [2.75, 3.05) is 25.1 Å². The van der Waals surface area contributed by atoms with Gasteiger partial charge in [0.2, 0.25) is 5.91 Å². The number of esters is 1. The van der Waals surface area contributed by atoms with E-state index in [2.05, 4.69) is 5.32 Å². The highest BCUT2D eigenvalue weighted by Gasteiger charge is 2.30. The first-order valence-electron chi connectivity index (χ1n) is 9.59. The van der Waals surface area contributed by atoms with Gasteiger partial charge in [-0.1, -0.05) is 30.3 Å². The van der Waals surface area contributed by atoms with Crippen LogP contribution < -0.4 is 10.1 Å². The van der Waals surface area contributed by atoms with Gasteiger partial charge in [0, 0.05) is 12.1 Å². The third-order valence-corrected chi connectivity index (χ3v) is 4.50. The summed E-state index contributed by atoms with van der Waals surface area (Å²) in [6, 6.07) is 13.8. The first-order chi connectivity index (χ1) is 14.5. The van der Waals surface area contributed by atoms with E-state index < -0.39 is 24.4 Å². The van der Waals surface area contributed by atoms with E-state index >= 15 is 0 Å². The monoisotopic (exact) mass is 410 g/mol. The molecule has 156 valence electrons. The second-order valence-corrected chi connectivity index (χ2v) is 6.57. The number of hydrogen-bond donors (Lipinski definition) is 1. The minimum absolute atomic E-state index is 0.0976. The number of anilines is 1. The van der Waals surface area contributed by atoms with Crippen LogP contribution in [-0.4, -0.2) is 48.3 Å². The summed E-state index contributed by atoms with van der Waals surface area (Å²) in [6.45, 7) is 1.70. The first-order valence-corrected chi connectivity index (χ1v) is 9.59. The van der Waals surface area contributed by atoms with Crippen LogP contribution in [0.2, 0.25) is 0 Å². The lowest BCUT2D eigenvalue weighted by molar-refractivity contribution is -0.147. The van der Waals surface area contributed by atoms with Crippen LogP contribution in [0, 0.1) is 0 Å². The van der Waals surface area contributed by atoms with E-state index in [-0.39, 0.29) is 25.3 Å². The number of nitrogens with one attached hydrogen (secondary N) is 1. The summed E-state index contributed by atoms with van der Waals surface area (Å²) < 4.78 is 10.4. The highest BCUT2D eigenvalue weighted by molar-refractivity contribution is 6.09. The van der Waals surface area contributed by atoms with Crippen molar-refractivity contribution >= 4 is 29.4 Å². The molecule has 0 saturated carbocycles. The summed E-state index contributed by atoms with van der Waals surface area (Å²) in [6.07, 6.45) is -0.0823. The zero-order valence-electron chi connectivity index (χ0n) is 16.6. The van der Waals surface area contributed by atoms with Crippen LogP contribution in [0.5, 0.6) is 5.75 Å². The van der Waals surface area contributed by atoms with E-state index in [4.69, 9.17) is 9.47 Å². The predicted octanol–water partition coefficient (Wildman–Crippen LogP) is 2.18. The van der Waals surface area contributed by atoms with Crippen LogP contribution in [-0.2, 0) is 25.5 Å². The summed E-state index contributed by atoms with van der Waals surface area (Å²) in [5, 5.41) is 2.62. The fourth-order valence-electron chi connectivity index (χ4n) is 3.09. The van der Waals surface area contributed by atoms with Crippen LogP contribution >= 0.6 is 0 Å². The summed E-state index contributed by atoms with van der Waals surface area (Å²) in [7, 11) is 0. The molecular weight excluding hydrogens is 388 g/mol. The maximum atomic E-state index is 12.5. The number of benzene rings is 2. The quantitative estimate of drug-likeness (QED) is 0.529. The van der Waals surface area contributed by atoms with Crippen molar-refractivity contribution in [1.29, 1.82) is 0 Å². The molecule has 3 amide bonds. The lowest BCUT2D eigenvalue weighted by Gasteiger charge is -2.26. The number of hydrogen-bond acceptors (Lipinski definition) is 6. The van der Waals surface area contributed by atoms with Gasteiger partial charge in [0.15, 0.2) is 6.61 Å². The van der Waals surface area contributed by atoms with E-state index in [1.165, 1.54) is 0 Å². The molecule has 1 N–H and O–H groups in total. The molecule has 0 unspecified atom stereocenters. The largest absolute Gasteiger partial charge is 0.492 e. The number of imide groups is 1. The van der Waals surface area contributed by atoms with Gasteiger partial charge in [0.05, 0.1) is 25.1 Å². The van der Waals surface area contributed by atoms with Gasteiger partial charge in [-0.05, 0) is 30.7 Å². The first kappa shape index (κ1) is 21.0. The van der Waals surface area contributed by atoms with Crippen molar-refractivity contribution in [2.24, 2.45) is 0 Å². The van der Waals surface area contributed by atoms with Crippen molar-refractivity contribution in [2.45, 2.75) is 19.8 Å². The van der Waals surface area contributed by atoms with E-state index in [1.807, 2.05) is 6.92 Å². The third kappa shape index (κ3) is 5.02. The number of nitrogens with zero attached hydrogens (tertiary/aromatic N) is 1. The number of para-hydroxylation sites is 2. The average molecular weight is 410 g/mol. The van der Waals surface area contributed by atoms with Gasteiger partial charge in [-0.15, -0.1) is 0 Å². The average Bonchev–Trinajstić information content (AvgIpc) is 2.73. The molecule has 8 nitrogen and oxygen atoms in total. The van der Waals surface area contributed by atoms with Gasteiger partial charge in [-0.3, -0.25) is 24.1 Å². The molecule has 0 atom stereocenters. The second-order valence-electron chi connectivity index (χ2n) is 6.57. The molecule has 1 aliphatic rings. The Morgan fingerprint density at radius 3 is 2.60 bits per heavy atom. The van der Waals surface area contributed by atoms with E-state index in [0.717, 1.165) is 4.90 Å². The molecule has 0 fully saturated rings. The molecule has 2 aromatic carbocycles. The van der Waals surface area contributed by atoms with Gasteiger partial charge in [-0.25, -0.2) is 0 Å².